The van der Waals surface area contributed by atoms with Crippen LogP contribution in [0, 0.1) is 11.3 Å². The number of aromatic nitrogens is 2. The van der Waals surface area contributed by atoms with E-state index in [1.54, 1.807) is 0 Å². The molecule has 1 heterocycles. The lowest BCUT2D eigenvalue weighted by Crippen LogP contribution is -2.08. The molecule has 0 bridgehead atoms. The number of oxime groups is 1. The van der Waals surface area contributed by atoms with Gasteiger partial charge in [0, 0.05) is 5.69 Å². The highest BCUT2D eigenvalue weighted by Gasteiger charge is 2.17. The second kappa shape index (κ2) is 5.69. The Morgan fingerprint density at radius 3 is 2.57 bits per heavy atom. The van der Waals surface area contributed by atoms with Crippen LogP contribution >= 0.6 is 12.9 Å². The van der Waals surface area contributed by atoms with Gasteiger partial charge in [-0.05, 0) is 24.3 Å². The predicted molar refractivity (Wildman–Crippen MR) is 83.3 cm³/mol. The SMILES string of the molecule is N#C/C(=N\OS)c1nc2ccccc2n1-c1ccccc1. The normalized spacial score (nSPS) is 11.3. The molecule has 102 valence electrons. The summed E-state index contributed by atoms with van der Waals surface area (Å²) < 4.78 is 6.31. The van der Waals surface area contributed by atoms with E-state index < -0.39 is 0 Å². The standard InChI is InChI=1S/C15H10N4OS/c16-10-13(18-20-21)15-17-12-8-4-5-9-14(12)19(15)11-6-2-1-3-7-11/h1-9,21H/b18-13+. The number of para-hydroxylation sites is 3. The van der Waals surface area contributed by atoms with Crippen molar-refractivity contribution in [3.8, 4) is 11.8 Å². The molecule has 0 spiro atoms. The molecule has 0 N–H and O–H groups in total. The monoisotopic (exact) mass is 294 g/mol. The van der Waals surface area contributed by atoms with E-state index in [1.807, 2.05) is 65.2 Å². The summed E-state index contributed by atoms with van der Waals surface area (Å²) in [5.74, 6) is 0.416. The van der Waals surface area contributed by atoms with Crippen LogP contribution in [-0.2, 0) is 4.28 Å². The van der Waals surface area contributed by atoms with Gasteiger partial charge in [0.25, 0.3) is 0 Å². The number of rotatable bonds is 3. The first-order valence-electron chi connectivity index (χ1n) is 6.17. The van der Waals surface area contributed by atoms with Crippen LogP contribution in [-0.4, -0.2) is 15.3 Å². The van der Waals surface area contributed by atoms with Crippen LogP contribution in [0.15, 0.2) is 59.8 Å². The van der Waals surface area contributed by atoms with Gasteiger partial charge in [-0.15, -0.1) is 0 Å². The zero-order valence-electron chi connectivity index (χ0n) is 10.8. The largest absolute Gasteiger partial charge is 0.324 e. The summed E-state index contributed by atoms with van der Waals surface area (Å²) in [6.07, 6.45) is 0. The fourth-order valence-electron chi connectivity index (χ4n) is 2.18. The molecule has 3 rings (SSSR count). The van der Waals surface area contributed by atoms with E-state index in [0.717, 1.165) is 16.7 Å². The van der Waals surface area contributed by atoms with E-state index in [0.29, 0.717) is 5.82 Å². The molecule has 3 aromatic rings. The van der Waals surface area contributed by atoms with Gasteiger partial charge in [0.15, 0.2) is 5.82 Å². The van der Waals surface area contributed by atoms with Gasteiger partial charge in [-0.3, -0.25) is 4.57 Å². The van der Waals surface area contributed by atoms with Crippen molar-refractivity contribution in [2.24, 2.45) is 5.16 Å². The quantitative estimate of drug-likeness (QED) is 0.349. The number of thiol groups is 1. The fourth-order valence-corrected chi connectivity index (χ4v) is 2.26. The van der Waals surface area contributed by atoms with E-state index in [-0.39, 0.29) is 5.71 Å². The number of nitriles is 1. The lowest BCUT2D eigenvalue weighted by Gasteiger charge is -2.07. The van der Waals surface area contributed by atoms with Gasteiger partial charge in [-0.2, -0.15) is 5.26 Å². The van der Waals surface area contributed by atoms with Crippen LogP contribution in [0.1, 0.15) is 5.82 Å². The van der Waals surface area contributed by atoms with E-state index in [2.05, 4.69) is 27.3 Å². The molecule has 0 fully saturated rings. The van der Waals surface area contributed by atoms with Crippen LogP contribution in [0.4, 0.5) is 0 Å². The molecule has 0 amide bonds. The molecule has 0 unspecified atom stereocenters. The van der Waals surface area contributed by atoms with Crippen molar-refractivity contribution in [1.29, 1.82) is 5.26 Å². The smallest absolute Gasteiger partial charge is 0.224 e. The van der Waals surface area contributed by atoms with Crippen molar-refractivity contribution >= 4 is 29.7 Å². The average Bonchev–Trinajstić information content (AvgIpc) is 2.92. The first-order valence-corrected chi connectivity index (χ1v) is 6.53. The Hall–Kier alpha value is -2.78. The summed E-state index contributed by atoms with van der Waals surface area (Å²) in [6, 6.07) is 19.3. The number of hydrogen-bond donors (Lipinski definition) is 1. The molecule has 21 heavy (non-hydrogen) atoms. The molecule has 0 aliphatic rings. The number of benzene rings is 2. The number of nitrogens with zero attached hydrogens (tertiary/aromatic N) is 4. The molecule has 6 heteroatoms. The second-order valence-corrected chi connectivity index (χ2v) is 4.39. The van der Waals surface area contributed by atoms with Crippen LogP contribution in [0.2, 0.25) is 0 Å². The Morgan fingerprint density at radius 2 is 1.86 bits per heavy atom. The van der Waals surface area contributed by atoms with Gasteiger partial charge in [-0.25, -0.2) is 4.98 Å². The van der Waals surface area contributed by atoms with Crippen LogP contribution in [0.3, 0.4) is 0 Å². The summed E-state index contributed by atoms with van der Waals surface area (Å²) in [5.41, 5.74) is 2.62. The zero-order chi connectivity index (χ0) is 14.7. The predicted octanol–water partition coefficient (Wildman–Crippen LogP) is 3.11. The first-order chi connectivity index (χ1) is 10.3. The van der Waals surface area contributed by atoms with E-state index >= 15 is 0 Å². The molecule has 0 saturated carbocycles. The van der Waals surface area contributed by atoms with Crippen molar-refractivity contribution in [2.75, 3.05) is 0 Å². The Kier molecular flexibility index (Phi) is 3.58. The average molecular weight is 294 g/mol. The Labute approximate surface area is 126 Å². The first kappa shape index (κ1) is 13.2. The minimum atomic E-state index is 0.0602. The van der Waals surface area contributed by atoms with Gasteiger partial charge in [-0.1, -0.05) is 35.5 Å². The van der Waals surface area contributed by atoms with Crippen molar-refractivity contribution in [1.82, 2.24) is 9.55 Å². The third-order valence-electron chi connectivity index (χ3n) is 3.03. The minimum absolute atomic E-state index is 0.0602. The number of fused-ring (bicyclic) bond motifs is 1. The van der Waals surface area contributed by atoms with E-state index in [9.17, 15) is 5.26 Å². The molecule has 0 radical (unpaired) electrons. The third-order valence-corrected chi connectivity index (χ3v) is 3.11. The molecule has 0 aliphatic heterocycles. The second-order valence-electron chi connectivity index (χ2n) is 4.23. The van der Waals surface area contributed by atoms with Crippen LogP contribution in [0.5, 0.6) is 0 Å². The van der Waals surface area contributed by atoms with Crippen molar-refractivity contribution in [3.63, 3.8) is 0 Å². The summed E-state index contributed by atoms with van der Waals surface area (Å²) in [6.45, 7) is 0. The molecule has 0 atom stereocenters. The van der Waals surface area contributed by atoms with E-state index in [4.69, 9.17) is 0 Å². The highest BCUT2D eigenvalue weighted by atomic mass is 32.1. The topological polar surface area (TPSA) is 63.2 Å². The molecule has 0 aliphatic carbocycles. The summed E-state index contributed by atoms with van der Waals surface area (Å²) in [7, 11) is 0. The number of imidazole rings is 1. The summed E-state index contributed by atoms with van der Waals surface area (Å²) in [5, 5.41) is 12.9. The maximum atomic E-state index is 9.26. The third kappa shape index (κ3) is 2.35. The molecule has 0 saturated heterocycles. The summed E-state index contributed by atoms with van der Waals surface area (Å²) in [4.78, 5) is 4.47. The Morgan fingerprint density at radius 1 is 1.14 bits per heavy atom. The lowest BCUT2D eigenvalue weighted by molar-refractivity contribution is 0.415. The number of hydrogen-bond acceptors (Lipinski definition) is 5. The van der Waals surface area contributed by atoms with Gasteiger partial charge in [0.2, 0.25) is 5.71 Å². The molecule has 5 nitrogen and oxygen atoms in total. The van der Waals surface area contributed by atoms with Gasteiger partial charge >= 0.3 is 0 Å². The lowest BCUT2D eigenvalue weighted by atomic mass is 10.2. The van der Waals surface area contributed by atoms with Crippen LogP contribution < -0.4 is 0 Å². The molecule has 2 aromatic carbocycles. The zero-order valence-corrected chi connectivity index (χ0v) is 11.7. The van der Waals surface area contributed by atoms with Gasteiger partial charge < -0.3 is 4.28 Å². The maximum absolute atomic E-state index is 9.26. The van der Waals surface area contributed by atoms with Crippen molar-refractivity contribution in [2.45, 2.75) is 0 Å². The maximum Gasteiger partial charge on any atom is 0.224 e. The van der Waals surface area contributed by atoms with Gasteiger partial charge in [0.05, 0.1) is 23.9 Å². The van der Waals surface area contributed by atoms with E-state index in [1.165, 1.54) is 0 Å². The Balaban J connectivity index is 2.35. The summed E-state index contributed by atoms with van der Waals surface area (Å²) >= 11 is 3.57. The van der Waals surface area contributed by atoms with Crippen molar-refractivity contribution < 1.29 is 4.28 Å². The molecular weight excluding hydrogens is 284 g/mol. The fraction of sp³-hybridized carbons (Fsp3) is 0. The van der Waals surface area contributed by atoms with Crippen molar-refractivity contribution in [3.05, 3.63) is 60.4 Å². The minimum Gasteiger partial charge on any atom is -0.324 e. The molecular formula is C15H10N4OS. The Bertz CT molecular complexity index is 849. The highest BCUT2D eigenvalue weighted by molar-refractivity contribution is 7.75. The molecule has 1 aromatic heterocycles. The van der Waals surface area contributed by atoms with Gasteiger partial charge in [0.1, 0.15) is 6.07 Å². The van der Waals surface area contributed by atoms with Crippen LogP contribution in [0.25, 0.3) is 16.7 Å². The highest BCUT2D eigenvalue weighted by Crippen LogP contribution is 2.22.